The molecule has 0 bridgehead atoms. The number of carbonyl (C=O) groups excluding carboxylic acids is 3. The summed E-state index contributed by atoms with van der Waals surface area (Å²) in [6, 6.07) is 7.37. The van der Waals surface area contributed by atoms with Crippen molar-refractivity contribution in [2.45, 2.75) is 19.3 Å². The molecular formula is C18H20N2O6S. The van der Waals surface area contributed by atoms with Crippen LogP contribution in [-0.4, -0.2) is 43.7 Å². The van der Waals surface area contributed by atoms with Crippen LogP contribution in [-0.2, 0) is 36.7 Å². The molecule has 0 fully saturated rings. The minimum Gasteiger partial charge on any atom is -0.497 e. The Morgan fingerprint density at radius 3 is 2.52 bits per heavy atom. The van der Waals surface area contributed by atoms with Gasteiger partial charge in [0, 0.05) is 11.8 Å². The van der Waals surface area contributed by atoms with E-state index >= 15 is 0 Å². The highest BCUT2D eigenvalue weighted by Crippen LogP contribution is 2.16. The van der Waals surface area contributed by atoms with Gasteiger partial charge in [-0.15, -0.1) is 11.3 Å². The Morgan fingerprint density at radius 2 is 1.85 bits per heavy atom. The largest absolute Gasteiger partial charge is 0.497 e. The predicted octanol–water partition coefficient (Wildman–Crippen LogP) is 1.98. The molecule has 1 N–H and O–H groups in total. The Labute approximate surface area is 160 Å². The Balaban J connectivity index is 1.69. The van der Waals surface area contributed by atoms with Crippen LogP contribution in [0.4, 0.5) is 5.13 Å². The predicted molar refractivity (Wildman–Crippen MR) is 98.7 cm³/mol. The number of thiazole rings is 1. The van der Waals surface area contributed by atoms with E-state index in [9.17, 15) is 14.4 Å². The SMILES string of the molecule is COC(=O)Cc1csc(NC(=O)COC(=O)CCc2ccc(OC)cc2)n1. The van der Waals surface area contributed by atoms with Crippen molar-refractivity contribution < 1.29 is 28.6 Å². The van der Waals surface area contributed by atoms with Gasteiger partial charge in [0.2, 0.25) is 0 Å². The number of hydrogen-bond acceptors (Lipinski definition) is 8. The van der Waals surface area contributed by atoms with E-state index in [0.717, 1.165) is 11.3 Å². The molecule has 0 spiro atoms. The molecule has 1 aromatic carbocycles. The average molecular weight is 392 g/mol. The van der Waals surface area contributed by atoms with Crippen molar-refractivity contribution in [3.05, 3.63) is 40.9 Å². The number of aromatic nitrogens is 1. The molecule has 0 saturated carbocycles. The molecule has 1 heterocycles. The van der Waals surface area contributed by atoms with Gasteiger partial charge in [0.25, 0.3) is 5.91 Å². The van der Waals surface area contributed by atoms with Crippen LogP contribution in [0.1, 0.15) is 17.7 Å². The molecule has 27 heavy (non-hydrogen) atoms. The van der Waals surface area contributed by atoms with Crippen LogP contribution in [0.15, 0.2) is 29.6 Å². The molecule has 0 aliphatic heterocycles. The maximum atomic E-state index is 11.8. The zero-order valence-electron chi connectivity index (χ0n) is 15.0. The molecule has 0 radical (unpaired) electrons. The fraction of sp³-hybridized carbons (Fsp3) is 0.333. The summed E-state index contributed by atoms with van der Waals surface area (Å²) in [5.74, 6) is -0.628. The average Bonchev–Trinajstić information content (AvgIpc) is 3.11. The van der Waals surface area contributed by atoms with E-state index in [1.807, 2.05) is 24.3 Å². The molecular weight excluding hydrogens is 372 g/mol. The summed E-state index contributed by atoms with van der Waals surface area (Å²) in [6.07, 6.45) is 0.706. The standard InChI is InChI=1S/C18H20N2O6S/c1-24-14-6-3-12(4-7-14)5-8-16(22)26-10-15(21)20-18-19-13(11-27-18)9-17(23)25-2/h3-4,6-7,11H,5,8-10H2,1-2H3,(H,19,20,21). The lowest BCUT2D eigenvalue weighted by Gasteiger charge is -2.05. The third kappa shape index (κ3) is 7.06. The van der Waals surface area contributed by atoms with Crippen LogP contribution in [0, 0.1) is 0 Å². The van der Waals surface area contributed by atoms with Gasteiger partial charge in [-0.1, -0.05) is 12.1 Å². The number of hydrogen-bond donors (Lipinski definition) is 1. The Bertz CT molecular complexity index is 787. The molecule has 2 rings (SSSR count). The zero-order chi connectivity index (χ0) is 19.6. The fourth-order valence-electron chi connectivity index (χ4n) is 2.08. The van der Waals surface area contributed by atoms with Gasteiger partial charge in [-0.05, 0) is 24.1 Å². The Morgan fingerprint density at radius 1 is 1.11 bits per heavy atom. The van der Waals surface area contributed by atoms with Gasteiger partial charge < -0.3 is 14.2 Å². The highest BCUT2D eigenvalue weighted by atomic mass is 32.1. The first-order valence-electron chi connectivity index (χ1n) is 8.09. The number of benzene rings is 1. The molecule has 0 aliphatic carbocycles. The molecule has 2 aromatic rings. The van der Waals surface area contributed by atoms with Crippen molar-refractivity contribution in [3.8, 4) is 5.75 Å². The van der Waals surface area contributed by atoms with Crippen LogP contribution in [0.25, 0.3) is 0 Å². The molecule has 1 amide bonds. The monoisotopic (exact) mass is 392 g/mol. The fourth-order valence-corrected chi connectivity index (χ4v) is 2.80. The summed E-state index contributed by atoms with van der Waals surface area (Å²) in [4.78, 5) is 38.9. The minimum absolute atomic E-state index is 0.0310. The van der Waals surface area contributed by atoms with Gasteiger partial charge in [0.05, 0.1) is 26.3 Å². The number of aryl methyl sites for hydroxylation is 1. The van der Waals surface area contributed by atoms with E-state index in [1.54, 1.807) is 12.5 Å². The number of nitrogens with zero attached hydrogens (tertiary/aromatic N) is 1. The summed E-state index contributed by atoms with van der Waals surface area (Å²) in [6.45, 7) is -0.395. The van der Waals surface area contributed by atoms with Gasteiger partial charge in [0.15, 0.2) is 11.7 Å². The van der Waals surface area contributed by atoms with Crippen LogP contribution >= 0.6 is 11.3 Å². The molecule has 0 saturated heterocycles. The van der Waals surface area contributed by atoms with Crippen molar-refractivity contribution in [2.75, 3.05) is 26.1 Å². The van der Waals surface area contributed by atoms with E-state index < -0.39 is 24.5 Å². The van der Waals surface area contributed by atoms with E-state index in [2.05, 4.69) is 15.0 Å². The van der Waals surface area contributed by atoms with Gasteiger partial charge in [-0.25, -0.2) is 4.98 Å². The van der Waals surface area contributed by atoms with Crippen molar-refractivity contribution in [1.29, 1.82) is 0 Å². The molecule has 9 heteroatoms. The molecule has 1 aromatic heterocycles. The first-order chi connectivity index (χ1) is 13.0. The third-order valence-electron chi connectivity index (χ3n) is 3.49. The molecule has 8 nitrogen and oxygen atoms in total. The second-order valence-corrected chi connectivity index (χ2v) is 6.31. The normalized spacial score (nSPS) is 10.1. The number of esters is 2. The van der Waals surface area contributed by atoms with E-state index in [-0.39, 0.29) is 12.8 Å². The first-order valence-corrected chi connectivity index (χ1v) is 8.97. The lowest BCUT2D eigenvalue weighted by molar-refractivity contribution is -0.147. The van der Waals surface area contributed by atoms with Crippen molar-refractivity contribution in [2.24, 2.45) is 0 Å². The van der Waals surface area contributed by atoms with Gasteiger partial charge in [-0.3, -0.25) is 19.7 Å². The zero-order valence-corrected chi connectivity index (χ0v) is 15.8. The molecule has 144 valence electrons. The van der Waals surface area contributed by atoms with Gasteiger partial charge >= 0.3 is 11.9 Å². The molecule has 0 unspecified atom stereocenters. The quantitative estimate of drug-likeness (QED) is 0.651. The second kappa shape index (κ2) is 10.3. The van der Waals surface area contributed by atoms with E-state index in [0.29, 0.717) is 17.2 Å². The van der Waals surface area contributed by atoms with Gasteiger partial charge in [0.1, 0.15) is 5.75 Å². The van der Waals surface area contributed by atoms with Crippen LogP contribution in [0.5, 0.6) is 5.75 Å². The maximum absolute atomic E-state index is 11.8. The third-order valence-corrected chi connectivity index (χ3v) is 4.30. The Kier molecular flexibility index (Phi) is 7.75. The minimum atomic E-state index is -0.494. The number of nitrogens with one attached hydrogen (secondary N) is 1. The Hall–Kier alpha value is -2.94. The van der Waals surface area contributed by atoms with Crippen LogP contribution < -0.4 is 10.1 Å². The summed E-state index contributed by atoms with van der Waals surface area (Å²) >= 11 is 1.17. The second-order valence-electron chi connectivity index (χ2n) is 5.45. The number of rotatable bonds is 9. The van der Waals surface area contributed by atoms with Crippen molar-refractivity contribution in [1.82, 2.24) is 4.98 Å². The van der Waals surface area contributed by atoms with Crippen LogP contribution in [0.3, 0.4) is 0 Å². The summed E-state index contributed by atoms with van der Waals surface area (Å²) in [7, 11) is 2.88. The number of ether oxygens (including phenoxy) is 3. The van der Waals surface area contributed by atoms with Gasteiger partial charge in [-0.2, -0.15) is 0 Å². The topological polar surface area (TPSA) is 104 Å². The molecule has 0 aliphatic rings. The smallest absolute Gasteiger partial charge is 0.311 e. The number of anilines is 1. The van der Waals surface area contributed by atoms with E-state index in [4.69, 9.17) is 9.47 Å². The number of methoxy groups -OCH3 is 2. The summed E-state index contributed by atoms with van der Waals surface area (Å²) in [5.41, 5.74) is 1.47. The maximum Gasteiger partial charge on any atom is 0.311 e. The van der Waals surface area contributed by atoms with Crippen LogP contribution in [0.2, 0.25) is 0 Å². The summed E-state index contributed by atoms with van der Waals surface area (Å²) in [5, 5.41) is 4.49. The van der Waals surface area contributed by atoms with Crippen molar-refractivity contribution in [3.63, 3.8) is 0 Å². The lowest BCUT2D eigenvalue weighted by Crippen LogP contribution is -2.21. The number of amides is 1. The highest BCUT2D eigenvalue weighted by molar-refractivity contribution is 7.13. The number of carbonyl (C=O) groups is 3. The first kappa shape index (κ1) is 20.4. The highest BCUT2D eigenvalue weighted by Gasteiger charge is 2.12. The molecule has 0 atom stereocenters. The lowest BCUT2D eigenvalue weighted by atomic mass is 10.1. The summed E-state index contributed by atoms with van der Waals surface area (Å²) < 4.78 is 14.6. The van der Waals surface area contributed by atoms with E-state index in [1.165, 1.54) is 18.4 Å². The van der Waals surface area contributed by atoms with Crippen molar-refractivity contribution >= 4 is 34.3 Å².